The molecular formula is C26H26N4O4S. The summed E-state index contributed by atoms with van der Waals surface area (Å²) in [6.45, 7) is 7.58. The normalized spacial score (nSPS) is 17.4. The molecule has 0 bridgehead atoms. The van der Waals surface area contributed by atoms with Crippen molar-refractivity contribution < 1.29 is 19.1 Å². The summed E-state index contributed by atoms with van der Waals surface area (Å²) in [6.07, 6.45) is 1.69. The molecule has 180 valence electrons. The van der Waals surface area contributed by atoms with Gasteiger partial charge in [-0.05, 0) is 55.7 Å². The molecule has 2 heterocycles. The summed E-state index contributed by atoms with van der Waals surface area (Å²) >= 11 is 1.15. The molecular weight excluding hydrogens is 464 g/mol. The second-order valence-corrected chi connectivity index (χ2v) is 9.76. The maximum absolute atomic E-state index is 13.4. The van der Waals surface area contributed by atoms with Crippen LogP contribution in [0.3, 0.4) is 0 Å². The zero-order valence-corrected chi connectivity index (χ0v) is 20.8. The van der Waals surface area contributed by atoms with Crippen LogP contribution in [-0.4, -0.2) is 35.1 Å². The Morgan fingerprint density at radius 1 is 1.26 bits per heavy atom. The molecule has 0 fully saturated rings. The molecule has 0 aromatic heterocycles. The van der Waals surface area contributed by atoms with E-state index < -0.39 is 5.54 Å². The van der Waals surface area contributed by atoms with Gasteiger partial charge in [-0.1, -0.05) is 49.4 Å². The average Bonchev–Trinajstić information content (AvgIpc) is 3.42. The third-order valence-corrected chi connectivity index (χ3v) is 6.88. The first-order valence-corrected chi connectivity index (χ1v) is 12.1. The number of nitrogens with one attached hydrogen (secondary N) is 1. The molecule has 0 unspecified atom stereocenters. The van der Waals surface area contributed by atoms with E-state index >= 15 is 0 Å². The van der Waals surface area contributed by atoms with Crippen LogP contribution >= 0.6 is 11.8 Å². The molecule has 1 N–H and O–H groups in total. The lowest BCUT2D eigenvalue weighted by Crippen LogP contribution is -2.49. The summed E-state index contributed by atoms with van der Waals surface area (Å²) in [5.74, 6) is 0.616. The zero-order valence-electron chi connectivity index (χ0n) is 20.0. The largest absolute Gasteiger partial charge is 0.454 e. The van der Waals surface area contributed by atoms with Gasteiger partial charge < -0.3 is 14.8 Å². The van der Waals surface area contributed by atoms with Gasteiger partial charge in [0.2, 0.25) is 12.7 Å². The van der Waals surface area contributed by atoms with E-state index in [2.05, 4.69) is 16.4 Å². The topological polar surface area (TPSA) is 104 Å². The van der Waals surface area contributed by atoms with Gasteiger partial charge >= 0.3 is 0 Å². The van der Waals surface area contributed by atoms with Gasteiger partial charge in [0.25, 0.3) is 5.91 Å². The number of aryl methyl sites for hydroxylation is 1. The molecule has 2 aromatic rings. The average molecular weight is 491 g/mol. The molecule has 0 aliphatic carbocycles. The fourth-order valence-corrected chi connectivity index (χ4v) is 4.25. The van der Waals surface area contributed by atoms with Crippen molar-refractivity contribution in [3.05, 3.63) is 59.3 Å². The smallest absolute Gasteiger partial charge is 0.283 e. The Kier molecular flexibility index (Phi) is 6.85. The van der Waals surface area contributed by atoms with Crippen LogP contribution in [0.5, 0.6) is 11.5 Å². The van der Waals surface area contributed by atoms with Gasteiger partial charge in [0, 0.05) is 0 Å². The maximum atomic E-state index is 13.4. The van der Waals surface area contributed by atoms with Crippen LogP contribution in [0.2, 0.25) is 0 Å². The molecule has 2 amide bonds. The first-order chi connectivity index (χ1) is 16.7. The SMILES string of the molecule is Cc1ccc(N2C(=O)/C(=C/c3ccc4c(c3)OCO4)N=C2SCC(=O)N[C@@](C)(C#N)C(C)C)cc1. The number of aliphatic imine (C=N–C) groups is 1. The van der Waals surface area contributed by atoms with Crippen molar-refractivity contribution in [2.24, 2.45) is 10.9 Å². The van der Waals surface area contributed by atoms with Gasteiger partial charge in [-0.15, -0.1) is 0 Å². The first-order valence-electron chi connectivity index (χ1n) is 11.2. The van der Waals surface area contributed by atoms with Gasteiger partial charge in [-0.3, -0.25) is 14.5 Å². The number of hydrogen-bond acceptors (Lipinski definition) is 7. The number of nitrogens with zero attached hydrogens (tertiary/aromatic N) is 3. The molecule has 2 aliphatic rings. The molecule has 0 radical (unpaired) electrons. The van der Waals surface area contributed by atoms with E-state index in [9.17, 15) is 14.9 Å². The Morgan fingerprint density at radius 3 is 2.66 bits per heavy atom. The summed E-state index contributed by atoms with van der Waals surface area (Å²) in [5, 5.41) is 12.7. The van der Waals surface area contributed by atoms with E-state index in [0.717, 1.165) is 22.9 Å². The molecule has 0 saturated carbocycles. The molecule has 4 rings (SSSR count). The van der Waals surface area contributed by atoms with E-state index in [1.54, 1.807) is 25.1 Å². The number of thioether (sulfide) groups is 1. The van der Waals surface area contributed by atoms with E-state index in [4.69, 9.17) is 9.47 Å². The van der Waals surface area contributed by atoms with Crippen molar-refractivity contribution >= 4 is 40.5 Å². The van der Waals surface area contributed by atoms with Crippen LogP contribution in [-0.2, 0) is 9.59 Å². The van der Waals surface area contributed by atoms with Crippen molar-refractivity contribution in [3.8, 4) is 17.6 Å². The standard InChI is InChI=1S/C26H26N4O4S/c1-16(2)26(4,14-27)29-23(31)13-35-25-28-20(11-18-7-10-21-22(12-18)34-15-33-21)24(32)30(25)19-8-5-17(3)6-9-19/h5-12,16H,13,15H2,1-4H3,(H,29,31)/b20-11-/t26-/m0/s1. The van der Waals surface area contributed by atoms with Crippen molar-refractivity contribution in [2.75, 3.05) is 17.4 Å². The van der Waals surface area contributed by atoms with Crippen LogP contribution in [0.1, 0.15) is 31.9 Å². The quantitative estimate of drug-likeness (QED) is 0.607. The molecule has 35 heavy (non-hydrogen) atoms. The minimum atomic E-state index is -0.980. The van der Waals surface area contributed by atoms with Crippen molar-refractivity contribution in [1.82, 2.24) is 5.32 Å². The number of anilines is 1. The second kappa shape index (κ2) is 9.84. The number of rotatable bonds is 6. The van der Waals surface area contributed by atoms with E-state index in [1.807, 2.05) is 51.1 Å². The fraction of sp³-hybridized carbons (Fsp3) is 0.308. The number of amidine groups is 1. The highest BCUT2D eigenvalue weighted by atomic mass is 32.2. The number of fused-ring (bicyclic) bond motifs is 1. The molecule has 9 heteroatoms. The van der Waals surface area contributed by atoms with E-state index in [-0.39, 0.29) is 36.0 Å². The van der Waals surface area contributed by atoms with Crippen molar-refractivity contribution in [3.63, 3.8) is 0 Å². The number of nitriles is 1. The maximum Gasteiger partial charge on any atom is 0.283 e. The highest BCUT2D eigenvalue weighted by molar-refractivity contribution is 8.14. The molecule has 2 aliphatic heterocycles. The Morgan fingerprint density at radius 2 is 1.97 bits per heavy atom. The molecule has 1 atom stereocenters. The Hall–Kier alpha value is -3.77. The summed E-state index contributed by atoms with van der Waals surface area (Å²) in [7, 11) is 0. The lowest BCUT2D eigenvalue weighted by Gasteiger charge is -2.27. The van der Waals surface area contributed by atoms with Gasteiger partial charge in [-0.25, -0.2) is 4.99 Å². The van der Waals surface area contributed by atoms with Gasteiger partial charge in [0.15, 0.2) is 16.7 Å². The predicted octanol–water partition coefficient (Wildman–Crippen LogP) is 4.26. The lowest BCUT2D eigenvalue weighted by molar-refractivity contribution is -0.120. The summed E-state index contributed by atoms with van der Waals surface area (Å²) < 4.78 is 10.8. The number of amides is 2. The third-order valence-electron chi connectivity index (χ3n) is 5.94. The van der Waals surface area contributed by atoms with Crippen LogP contribution in [0.25, 0.3) is 6.08 Å². The monoisotopic (exact) mass is 490 g/mol. The number of carbonyl (C=O) groups is 2. The van der Waals surface area contributed by atoms with Gasteiger partial charge in [-0.2, -0.15) is 5.26 Å². The van der Waals surface area contributed by atoms with Crippen LogP contribution in [0.4, 0.5) is 5.69 Å². The third kappa shape index (κ3) is 5.17. The summed E-state index contributed by atoms with van der Waals surface area (Å²) in [5.41, 5.74) is 1.73. The Bertz CT molecular complexity index is 1260. The van der Waals surface area contributed by atoms with E-state index in [1.165, 1.54) is 4.90 Å². The zero-order chi connectivity index (χ0) is 25.2. The van der Waals surface area contributed by atoms with Gasteiger partial charge in [0.1, 0.15) is 11.2 Å². The highest BCUT2D eigenvalue weighted by Crippen LogP contribution is 2.34. The van der Waals surface area contributed by atoms with Crippen LogP contribution in [0, 0.1) is 24.2 Å². The Balaban J connectivity index is 1.59. The predicted molar refractivity (Wildman–Crippen MR) is 136 cm³/mol. The molecule has 8 nitrogen and oxygen atoms in total. The lowest BCUT2D eigenvalue weighted by atomic mass is 9.90. The summed E-state index contributed by atoms with van der Waals surface area (Å²) in [6, 6.07) is 15.1. The van der Waals surface area contributed by atoms with Crippen LogP contribution < -0.4 is 19.7 Å². The Labute approximate surface area is 208 Å². The molecule has 0 saturated heterocycles. The van der Waals surface area contributed by atoms with Crippen LogP contribution in [0.15, 0.2) is 53.2 Å². The molecule has 0 spiro atoms. The first kappa shape index (κ1) is 24.4. The fourth-order valence-electron chi connectivity index (χ4n) is 3.43. The number of ether oxygens (including phenoxy) is 2. The van der Waals surface area contributed by atoms with Crippen molar-refractivity contribution in [2.45, 2.75) is 33.2 Å². The summed E-state index contributed by atoms with van der Waals surface area (Å²) in [4.78, 5) is 32.1. The molecule has 2 aromatic carbocycles. The minimum Gasteiger partial charge on any atom is -0.454 e. The number of carbonyl (C=O) groups excluding carboxylic acids is 2. The highest BCUT2D eigenvalue weighted by Gasteiger charge is 2.34. The number of benzene rings is 2. The van der Waals surface area contributed by atoms with Gasteiger partial charge in [0.05, 0.1) is 17.5 Å². The van der Waals surface area contributed by atoms with E-state index in [0.29, 0.717) is 22.4 Å². The minimum absolute atomic E-state index is 0.00969. The van der Waals surface area contributed by atoms with Crippen molar-refractivity contribution in [1.29, 1.82) is 5.26 Å². The number of hydrogen-bond donors (Lipinski definition) is 1. The second-order valence-electron chi connectivity index (χ2n) is 8.82.